The summed E-state index contributed by atoms with van der Waals surface area (Å²) in [6, 6.07) is 11.3. The van der Waals surface area contributed by atoms with Crippen LogP contribution in [-0.2, 0) is 13.1 Å². The van der Waals surface area contributed by atoms with Crippen molar-refractivity contribution in [2.75, 3.05) is 0 Å². The normalized spacial score (nSPS) is 14.4. The summed E-state index contributed by atoms with van der Waals surface area (Å²) >= 11 is 1.74. The maximum absolute atomic E-state index is 13.4. The van der Waals surface area contributed by atoms with Crippen LogP contribution >= 0.6 is 11.3 Å². The average molecular weight is 286 g/mol. The van der Waals surface area contributed by atoms with Gasteiger partial charge in [-0.2, -0.15) is 5.26 Å². The van der Waals surface area contributed by atoms with Gasteiger partial charge in [0.1, 0.15) is 5.82 Å². The van der Waals surface area contributed by atoms with Crippen molar-refractivity contribution in [1.29, 1.82) is 5.26 Å². The van der Waals surface area contributed by atoms with Crippen LogP contribution in [0.1, 0.15) is 28.8 Å². The number of hydrogen-bond acceptors (Lipinski definition) is 3. The molecule has 4 heteroatoms. The Kier molecular flexibility index (Phi) is 3.81. The quantitative estimate of drug-likeness (QED) is 0.833. The Morgan fingerprint density at radius 1 is 1.30 bits per heavy atom. The molecule has 102 valence electrons. The molecule has 0 spiro atoms. The summed E-state index contributed by atoms with van der Waals surface area (Å²) in [6.07, 6.45) is 2.39. The highest BCUT2D eigenvalue weighted by Gasteiger charge is 2.29. The minimum absolute atomic E-state index is 0.272. The van der Waals surface area contributed by atoms with Crippen molar-refractivity contribution in [3.8, 4) is 6.07 Å². The lowest BCUT2D eigenvalue weighted by Gasteiger charge is -2.22. The SMILES string of the molecule is N#Cc1ccc(F)cc1CN(Cc1cccs1)C1CC1. The fraction of sp³-hybridized carbons (Fsp3) is 0.312. The van der Waals surface area contributed by atoms with Gasteiger partial charge < -0.3 is 0 Å². The van der Waals surface area contributed by atoms with Gasteiger partial charge in [0.2, 0.25) is 0 Å². The first-order valence-electron chi connectivity index (χ1n) is 6.71. The maximum Gasteiger partial charge on any atom is 0.123 e. The molecule has 1 saturated carbocycles. The highest BCUT2D eigenvalue weighted by Crippen LogP contribution is 2.31. The Morgan fingerprint density at radius 2 is 2.15 bits per heavy atom. The first-order chi connectivity index (χ1) is 9.76. The fourth-order valence-electron chi connectivity index (χ4n) is 2.38. The van der Waals surface area contributed by atoms with E-state index in [4.69, 9.17) is 5.26 Å². The summed E-state index contributed by atoms with van der Waals surface area (Å²) in [6.45, 7) is 1.52. The van der Waals surface area contributed by atoms with Crippen molar-refractivity contribution in [3.63, 3.8) is 0 Å². The van der Waals surface area contributed by atoms with E-state index in [1.165, 1.54) is 29.9 Å². The van der Waals surface area contributed by atoms with Gasteiger partial charge in [-0.15, -0.1) is 11.3 Å². The summed E-state index contributed by atoms with van der Waals surface area (Å²) in [4.78, 5) is 3.66. The highest BCUT2D eigenvalue weighted by atomic mass is 32.1. The van der Waals surface area contributed by atoms with Crippen molar-refractivity contribution in [2.45, 2.75) is 32.0 Å². The Morgan fingerprint density at radius 3 is 2.80 bits per heavy atom. The minimum atomic E-state index is -0.272. The lowest BCUT2D eigenvalue weighted by molar-refractivity contribution is 0.247. The van der Waals surface area contributed by atoms with E-state index in [-0.39, 0.29) is 5.82 Å². The molecular formula is C16H15FN2S. The molecule has 1 heterocycles. The third kappa shape index (κ3) is 3.06. The van der Waals surface area contributed by atoms with E-state index in [2.05, 4.69) is 22.4 Å². The van der Waals surface area contributed by atoms with Crippen LogP contribution < -0.4 is 0 Å². The minimum Gasteiger partial charge on any atom is -0.291 e. The van der Waals surface area contributed by atoms with Gasteiger partial charge in [0.25, 0.3) is 0 Å². The zero-order valence-electron chi connectivity index (χ0n) is 11.1. The van der Waals surface area contributed by atoms with Crippen molar-refractivity contribution in [2.24, 2.45) is 0 Å². The van der Waals surface area contributed by atoms with E-state index in [0.29, 0.717) is 18.2 Å². The fourth-order valence-corrected chi connectivity index (χ4v) is 3.11. The van der Waals surface area contributed by atoms with Crippen LogP contribution in [0.25, 0.3) is 0 Å². The molecule has 0 radical (unpaired) electrons. The largest absolute Gasteiger partial charge is 0.291 e. The number of benzene rings is 1. The second-order valence-electron chi connectivity index (χ2n) is 5.13. The summed E-state index contributed by atoms with van der Waals surface area (Å²) < 4.78 is 13.4. The summed E-state index contributed by atoms with van der Waals surface area (Å²) in [5.74, 6) is -0.272. The smallest absolute Gasteiger partial charge is 0.123 e. The molecule has 0 unspecified atom stereocenters. The molecule has 0 aliphatic heterocycles. The van der Waals surface area contributed by atoms with E-state index in [9.17, 15) is 4.39 Å². The van der Waals surface area contributed by atoms with E-state index < -0.39 is 0 Å². The van der Waals surface area contributed by atoms with E-state index in [1.807, 2.05) is 6.07 Å². The van der Waals surface area contributed by atoms with Crippen molar-refractivity contribution in [1.82, 2.24) is 4.90 Å². The van der Waals surface area contributed by atoms with Gasteiger partial charge in [0, 0.05) is 24.0 Å². The lowest BCUT2D eigenvalue weighted by Crippen LogP contribution is -2.25. The van der Waals surface area contributed by atoms with Gasteiger partial charge in [-0.25, -0.2) is 4.39 Å². The summed E-state index contributed by atoms with van der Waals surface area (Å²) in [7, 11) is 0. The molecule has 3 rings (SSSR count). The zero-order valence-corrected chi connectivity index (χ0v) is 11.9. The van der Waals surface area contributed by atoms with E-state index in [0.717, 1.165) is 12.1 Å². The third-order valence-corrected chi connectivity index (χ3v) is 4.42. The van der Waals surface area contributed by atoms with Gasteiger partial charge in [-0.05, 0) is 48.1 Å². The summed E-state index contributed by atoms with van der Waals surface area (Å²) in [5.41, 5.74) is 1.36. The maximum atomic E-state index is 13.4. The third-order valence-electron chi connectivity index (χ3n) is 3.56. The van der Waals surface area contributed by atoms with Gasteiger partial charge in [0.05, 0.1) is 11.6 Å². The molecular weight excluding hydrogens is 271 g/mol. The molecule has 1 fully saturated rings. The molecule has 0 amide bonds. The number of rotatable bonds is 5. The Balaban J connectivity index is 1.80. The number of nitrogens with zero attached hydrogens (tertiary/aromatic N) is 2. The molecule has 0 saturated heterocycles. The molecule has 1 aliphatic rings. The van der Waals surface area contributed by atoms with Crippen molar-refractivity contribution in [3.05, 3.63) is 57.5 Å². The van der Waals surface area contributed by atoms with Crippen molar-refractivity contribution >= 4 is 11.3 Å². The van der Waals surface area contributed by atoms with Gasteiger partial charge in [-0.1, -0.05) is 6.07 Å². The molecule has 20 heavy (non-hydrogen) atoms. The number of nitriles is 1. The molecule has 0 N–H and O–H groups in total. The Bertz CT molecular complexity index is 626. The van der Waals surface area contributed by atoms with E-state index >= 15 is 0 Å². The monoisotopic (exact) mass is 286 g/mol. The predicted molar refractivity (Wildman–Crippen MR) is 77.7 cm³/mol. The molecule has 2 aromatic rings. The molecule has 1 aliphatic carbocycles. The molecule has 0 bridgehead atoms. The average Bonchev–Trinajstić information content (AvgIpc) is 3.17. The molecule has 1 aromatic carbocycles. The first-order valence-corrected chi connectivity index (χ1v) is 7.59. The highest BCUT2D eigenvalue weighted by molar-refractivity contribution is 7.09. The molecule has 2 nitrogen and oxygen atoms in total. The second kappa shape index (κ2) is 5.74. The summed E-state index contributed by atoms with van der Waals surface area (Å²) in [5, 5.41) is 11.2. The van der Waals surface area contributed by atoms with Crippen LogP contribution in [0, 0.1) is 17.1 Å². The van der Waals surface area contributed by atoms with Crippen LogP contribution in [0.3, 0.4) is 0 Å². The molecule has 1 aromatic heterocycles. The van der Waals surface area contributed by atoms with Gasteiger partial charge in [0.15, 0.2) is 0 Å². The zero-order chi connectivity index (χ0) is 13.9. The number of hydrogen-bond donors (Lipinski definition) is 0. The van der Waals surface area contributed by atoms with E-state index in [1.54, 1.807) is 17.4 Å². The molecule has 0 atom stereocenters. The lowest BCUT2D eigenvalue weighted by atomic mass is 10.1. The number of halogens is 1. The number of thiophene rings is 1. The predicted octanol–water partition coefficient (Wildman–Crippen LogP) is 3.92. The topological polar surface area (TPSA) is 27.0 Å². The van der Waals surface area contributed by atoms with Crippen molar-refractivity contribution < 1.29 is 4.39 Å². The van der Waals surface area contributed by atoms with Crippen LogP contribution in [0.5, 0.6) is 0 Å². The van der Waals surface area contributed by atoms with Crippen LogP contribution in [-0.4, -0.2) is 10.9 Å². The standard InChI is InChI=1S/C16H15FN2S/c17-14-4-3-12(9-18)13(8-14)10-19(15-5-6-15)11-16-2-1-7-20-16/h1-4,7-8,15H,5-6,10-11H2. The van der Waals surface area contributed by atoms with Gasteiger partial charge >= 0.3 is 0 Å². The Labute approximate surface area is 122 Å². The Hall–Kier alpha value is -1.70. The first kappa shape index (κ1) is 13.3. The van der Waals surface area contributed by atoms with Crippen LogP contribution in [0.4, 0.5) is 4.39 Å². The van der Waals surface area contributed by atoms with Gasteiger partial charge in [-0.3, -0.25) is 4.90 Å². The van der Waals surface area contributed by atoms with Crippen LogP contribution in [0.2, 0.25) is 0 Å². The second-order valence-corrected chi connectivity index (χ2v) is 6.16. The van der Waals surface area contributed by atoms with Crippen LogP contribution in [0.15, 0.2) is 35.7 Å².